The molecule has 2 heteroatoms. The maximum absolute atomic E-state index is 9.10. The minimum Gasteiger partial charge on any atom is -0.396 e. The first kappa shape index (κ1) is 16.2. The van der Waals surface area contributed by atoms with Crippen LogP contribution in [0, 0.1) is 12.8 Å². The van der Waals surface area contributed by atoms with Crippen molar-refractivity contribution in [1.82, 2.24) is 5.32 Å². The van der Waals surface area contributed by atoms with E-state index in [0.29, 0.717) is 18.0 Å². The maximum atomic E-state index is 9.10. The average molecular weight is 263 g/mol. The van der Waals surface area contributed by atoms with Crippen molar-refractivity contribution in [2.45, 2.75) is 59.0 Å². The van der Waals surface area contributed by atoms with Gasteiger partial charge in [-0.3, -0.25) is 0 Å². The van der Waals surface area contributed by atoms with Crippen LogP contribution in [0.25, 0.3) is 0 Å². The third-order valence-corrected chi connectivity index (χ3v) is 3.69. The Balaban J connectivity index is 2.40. The predicted molar refractivity (Wildman–Crippen MR) is 82.4 cm³/mol. The number of aliphatic hydroxyl groups excluding tert-OH is 1. The fourth-order valence-corrected chi connectivity index (χ4v) is 2.45. The molecule has 0 fully saturated rings. The van der Waals surface area contributed by atoms with Crippen LogP contribution in [-0.4, -0.2) is 23.8 Å². The van der Waals surface area contributed by atoms with E-state index in [1.54, 1.807) is 0 Å². The van der Waals surface area contributed by atoms with E-state index >= 15 is 0 Å². The van der Waals surface area contributed by atoms with Crippen LogP contribution in [0.2, 0.25) is 0 Å². The summed E-state index contributed by atoms with van der Waals surface area (Å²) in [6, 6.07) is 9.64. The first-order valence-corrected chi connectivity index (χ1v) is 7.45. The van der Waals surface area contributed by atoms with Gasteiger partial charge in [0.1, 0.15) is 0 Å². The summed E-state index contributed by atoms with van der Waals surface area (Å²) in [7, 11) is 0. The van der Waals surface area contributed by atoms with E-state index in [4.69, 9.17) is 5.11 Å². The fraction of sp³-hybridized carbons (Fsp3) is 0.647. The van der Waals surface area contributed by atoms with Gasteiger partial charge in [0.25, 0.3) is 0 Å². The largest absolute Gasteiger partial charge is 0.396 e. The molecule has 0 aliphatic carbocycles. The van der Waals surface area contributed by atoms with Gasteiger partial charge in [-0.25, -0.2) is 0 Å². The van der Waals surface area contributed by atoms with E-state index in [9.17, 15) is 0 Å². The van der Waals surface area contributed by atoms with Gasteiger partial charge in [-0.1, -0.05) is 43.7 Å². The van der Waals surface area contributed by atoms with Crippen LogP contribution in [0.3, 0.4) is 0 Å². The highest BCUT2D eigenvalue weighted by molar-refractivity contribution is 5.22. The molecule has 0 spiro atoms. The molecule has 0 amide bonds. The molecule has 0 radical (unpaired) electrons. The van der Waals surface area contributed by atoms with Crippen LogP contribution in [0.15, 0.2) is 24.3 Å². The number of hydrogen-bond acceptors (Lipinski definition) is 2. The zero-order valence-electron chi connectivity index (χ0n) is 12.8. The summed E-state index contributed by atoms with van der Waals surface area (Å²) in [4.78, 5) is 0. The van der Waals surface area contributed by atoms with E-state index in [1.165, 1.54) is 11.1 Å². The summed E-state index contributed by atoms with van der Waals surface area (Å²) in [5.74, 6) is 0.563. The Morgan fingerprint density at radius 3 is 2.47 bits per heavy atom. The predicted octanol–water partition coefficient (Wildman–Crippen LogP) is 3.31. The minimum atomic E-state index is 0.264. The first-order valence-electron chi connectivity index (χ1n) is 7.45. The number of aryl methyl sites for hydroxylation is 2. The molecule has 0 aliphatic heterocycles. The summed E-state index contributed by atoms with van der Waals surface area (Å²) >= 11 is 0. The highest BCUT2D eigenvalue weighted by atomic mass is 16.3. The normalized spacial score (nSPS) is 14.6. The van der Waals surface area contributed by atoms with Crippen molar-refractivity contribution in [2.24, 2.45) is 5.92 Å². The first-order chi connectivity index (χ1) is 9.02. The topological polar surface area (TPSA) is 32.3 Å². The average Bonchev–Trinajstić information content (AvgIpc) is 2.36. The molecule has 2 atom stereocenters. The smallest absolute Gasteiger partial charge is 0.0445 e. The van der Waals surface area contributed by atoms with Crippen molar-refractivity contribution in [3.8, 4) is 0 Å². The fourth-order valence-electron chi connectivity index (χ4n) is 2.45. The monoisotopic (exact) mass is 263 g/mol. The zero-order chi connectivity index (χ0) is 14.3. The lowest BCUT2D eigenvalue weighted by molar-refractivity contribution is 0.235. The van der Waals surface area contributed by atoms with Crippen molar-refractivity contribution in [3.05, 3.63) is 35.4 Å². The molecule has 0 aromatic heterocycles. The van der Waals surface area contributed by atoms with Crippen molar-refractivity contribution in [1.29, 1.82) is 0 Å². The quantitative estimate of drug-likeness (QED) is 0.754. The van der Waals surface area contributed by atoms with Crippen LogP contribution in [0.4, 0.5) is 0 Å². The van der Waals surface area contributed by atoms with Gasteiger partial charge < -0.3 is 10.4 Å². The highest BCUT2D eigenvalue weighted by Crippen LogP contribution is 2.11. The summed E-state index contributed by atoms with van der Waals surface area (Å²) in [6.07, 6.45) is 3.09. The van der Waals surface area contributed by atoms with Gasteiger partial charge in [0.05, 0.1) is 0 Å². The van der Waals surface area contributed by atoms with Crippen molar-refractivity contribution < 1.29 is 5.11 Å². The standard InChI is InChI=1S/C17H29NO/c1-13(2)17(10-11-19)18-15(4)8-9-16-7-5-6-14(3)12-16/h5-7,12-13,15,17-19H,8-11H2,1-4H3. The van der Waals surface area contributed by atoms with Crippen LogP contribution in [-0.2, 0) is 6.42 Å². The van der Waals surface area contributed by atoms with Crippen LogP contribution >= 0.6 is 0 Å². The highest BCUT2D eigenvalue weighted by Gasteiger charge is 2.15. The number of aliphatic hydroxyl groups is 1. The third kappa shape index (κ3) is 6.22. The Bertz CT molecular complexity index is 362. The van der Waals surface area contributed by atoms with Gasteiger partial charge >= 0.3 is 0 Å². The number of benzene rings is 1. The molecule has 2 unspecified atom stereocenters. The molecular weight excluding hydrogens is 234 g/mol. The number of nitrogens with one attached hydrogen (secondary N) is 1. The maximum Gasteiger partial charge on any atom is 0.0445 e. The van der Waals surface area contributed by atoms with E-state index in [-0.39, 0.29) is 6.61 Å². The molecule has 1 rings (SSSR count). The molecule has 0 saturated carbocycles. The molecule has 0 aliphatic rings. The Morgan fingerprint density at radius 1 is 1.16 bits per heavy atom. The Hall–Kier alpha value is -0.860. The molecule has 0 bridgehead atoms. The SMILES string of the molecule is Cc1cccc(CCC(C)NC(CCO)C(C)C)c1. The molecular formula is C17H29NO. The lowest BCUT2D eigenvalue weighted by Gasteiger charge is -2.26. The molecule has 1 aromatic carbocycles. The van der Waals surface area contributed by atoms with Gasteiger partial charge in [-0.15, -0.1) is 0 Å². The molecule has 0 heterocycles. The van der Waals surface area contributed by atoms with Crippen LogP contribution in [0.1, 0.15) is 44.7 Å². The Labute approximate surface area is 118 Å². The second-order valence-electron chi connectivity index (χ2n) is 5.96. The molecule has 2 N–H and O–H groups in total. The molecule has 19 heavy (non-hydrogen) atoms. The van der Waals surface area contributed by atoms with E-state index in [1.807, 2.05) is 0 Å². The summed E-state index contributed by atoms with van der Waals surface area (Å²) in [6.45, 7) is 9.06. The van der Waals surface area contributed by atoms with Crippen molar-refractivity contribution in [3.63, 3.8) is 0 Å². The lowest BCUT2D eigenvalue weighted by atomic mass is 9.98. The van der Waals surface area contributed by atoms with E-state index in [0.717, 1.165) is 19.3 Å². The molecule has 0 saturated heterocycles. The second kappa shape index (κ2) is 8.34. The van der Waals surface area contributed by atoms with E-state index < -0.39 is 0 Å². The van der Waals surface area contributed by atoms with Crippen molar-refractivity contribution in [2.75, 3.05) is 6.61 Å². The number of rotatable bonds is 8. The summed E-state index contributed by atoms with van der Waals surface area (Å²) < 4.78 is 0. The Morgan fingerprint density at radius 2 is 1.89 bits per heavy atom. The zero-order valence-corrected chi connectivity index (χ0v) is 12.8. The summed E-state index contributed by atoms with van der Waals surface area (Å²) in [5.41, 5.74) is 2.75. The molecule has 1 aromatic rings. The van der Waals surface area contributed by atoms with E-state index in [2.05, 4.69) is 57.3 Å². The van der Waals surface area contributed by atoms with Gasteiger partial charge in [0.2, 0.25) is 0 Å². The van der Waals surface area contributed by atoms with Crippen LogP contribution < -0.4 is 5.32 Å². The molecule has 108 valence electrons. The van der Waals surface area contributed by atoms with Gasteiger partial charge in [-0.05, 0) is 44.6 Å². The van der Waals surface area contributed by atoms with Crippen molar-refractivity contribution >= 4 is 0 Å². The second-order valence-corrected chi connectivity index (χ2v) is 5.96. The van der Waals surface area contributed by atoms with Gasteiger partial charge in [-0.2, -0.15) is 0 Å². The van der Waals surface area contributed by atoms with Crippen LogP contribution in [0.5, 0.6) is 0 Å². The van der Waals surface area contributed by atoms with Gasteiger partial charge in [0.15, 0.2) is 0 Å². The minimum absolute atomic E-state index is 0.264. The Kier molecular flexibility index (Phi) is 7.11. The summed E-state index contributed by atoms with van der Waals surface area (Å²) in [5, 5.41) is 12.7. The molecule has 2 nitrogen and oxygen atoms in total. The third-order valence-electron chi connectivity index (χ3n) is 3.69. The number of hydrogen-bond donors (Lipinski definition) is 2. The lowest BCUT2D eigenvalue weighted by Crippen LogP contribution is -2.40. The van der Waals surface area contributed by atoms with Gasteiger partial charge in [0, 0.05) is 18.7 Å².